The Hall–Kier alpha value is -0.0800. The normalized spacial score (nSPS) is 22.3. The van der Waals surface area contributed by atoms with Gasteiger partial charge in [0, 0.05) is 44.8 Å². The van der Waals surface area contributed by atoms with Crippen molar-refractivity contribution in [3.05, 3.63) is 0 Å². The van der Waals surface area contributed by atoms with Gasteiger partial charge in [-0.2, -0.15) is 0 Å². The van der Waals surface area contributed by atoms with Crippen LogP contribution in [0.5, 0.6) is 0 Å². The Morgan fingerprint density at radius 2 is 1.81 bits per heavy atom. The van der Waals surface area contributed by atoms with Crippen LogP contribution in [0.1, 0.15) is 58.8 Å². The molecule has 3 aliphatic rings. The van der Waals surface area contributed by atoms with Crippen molar-refractivity contribution in [2.24, 2.45) is 10.9 Å². The van der Waals surface area contributed by atoms with Crippen molar-refractivity contribution in [3.63, 3.8) is 0 Å². The zero-order chi connectivity index (χ0) is 17.5. The molecule has 2 saturated carbocycles. The maximum atomic E-state index is 4.88. The van der Waals surface area contributed by atoms with E-state index in [1.165, 1.54) is 71.1 Å². The molecule has 3 rings (SSSR count). The summed E-state index contributed by atoms with van der Waals surface area (Å²) >= 11 is 0. The Morgan fingerprint density at radius 1 is 1.08 bits per heavy atom. The second kappa shape index (κ2) is 11.7. The molecule has 0 radical (unpaired) electrons. The summed E-state index contributed by atoms with van der Waals surface area (Å²) in [6.45, 7) is 12.4. The fraction of sp³-hybridized carbons (Fsp3) is 0.950. The minimum atomic E-state index is 0. The van der Waals surface area contributed by atoms with Crippen molar-refractivity contribution >= 4 is 29.9 Å². The third kappa shape index (κ3) is 7.89. The molecular weight excluding hydrogens is 437 g/mol. The Bertz CT molecular complexity index is 414. The highest BCUT2D eigenvalue weighted by Crippen LogP contribution is 2.34. The number of nitrogens with zero attached hydrogens (tertiary/aromatic N) is 3. The van der Waals surface area contributed by atoms with Crippen LogP contribution < -0.4 is 10.6 Å². The molecule has 6 heteroatoms. The van der Waals surface area contributed by atoms with Crippen LogP contribution in [-0.2, 0) is 0 Å². The fourth-order valence-electron chi connectivity index (χ4n) is 3.92. The van der Waals surface area contributed by atoms with Crippen molar-refractivity contribution in [3.8, 4) is 0 Å². The number of hydrogen-bond acceptors (Lipinski definition) is 3. The summed E-state index contributed by atoms with van der Waals surface area (Å²) in [4.78, 5) is 10.2. The monoisotopic (exact) mass is 477 g/mol. The van der Waals surface area contributed by atoms with Crippen molar-refractivity contribution in [1.82, 2.24) is 20.4 Å². The highest BCUT2D eigenvalue weighted by Gasteiger charge is 2.33. The summed E-state index contributed by atoms with van der Waals surface area (Å²) in [5.41, 5.74) is 0. The third-order valence-electron chi connectivity index (χ3n) is 5.72. The zero-order valence-electron chi connectivity index (χ0n) is 16.9. The molecule has 1 saturated heterocycles. The van der Waals surface area contributed by atoms with Crippen molar-refractivity contribution < 1.29 is 0 Å². The van der Waals surface area contributed by atoms with E-state index >= 15 is 0 Å². The van der Waals surface area contributed by atoms with Gasteiger partial charge in [-0.1, -0.05) is 6.92 Å². The SMILES string of the molecule is CCCN1CCC(NC(=NCCN(CC2CC2)C2CC2)NCC)CC1.I. The maximum Gasteiger partial charge on any atom is 0.191 e. The molecule has 0 spiro atoms. The highest BCUT2D eigenvalue weighted by atomic mass is 127. The number of rotatable bonds is 10. The molecule has 26 heavy (non-hydrogen) atoms. The Kier molecular flexibility index (Phi) is 9.99. The smallest absolute Gasteiger partial charge is 0.191 e. The van der Waals surface area contributed by atoms with Gasteiger partial charge in [0.1, 0.15) is 0 Å². The van der Waals surface area contributed by atoms with Gasteiger partial charge in [-0.3, -0.25) is 9.89 Å². The van der Waals surface area contributed by atoms with E-state index in [9.17, 15) is 0 Å². The van der Waals surface area contributed by atoms with Crippen molar-refractivity contribution in [2.75, 3.05) is 45.8 Å². The minimum Gasteiger partial charge on any atom is -0.357 e. The van der Waals surface area contributed by atoms with Crippen LogP contribution in [0.15, 0.2) is 4.99 Å². The van der Waals surface area contributed by atoms with Gasteiger partial charge in [0.25, 0.3) is 0 Å². The van der Waals surface area contributed by atoms with E-state index in [-0.39, 0.29) is 24.0 Å². The highest BCUT2D eigenvalue weighted by molar-refractivity contribution is 14.0. The van der Waals surface area contributed by atoms with E-state index in [1.807, 2.05) is 0 Å². The van der Waals surface area contributed by atoms with Crippen molar-refractivity contribution in [1.29, 1.82) is 0 Å². The molecule has 0 aromatic carbocycles. The van der Waals surface area contributed by atoms with E-state index in [2.05, 4.69) is 34.3 Å². The lowest BCUT2D eigenvalue weighted by Crippen LogP contribution is -2.49. The lowest BCUT2D eigenvalue weighted by atomic mass is 10.1. The van der Waals surface area contributed by atoms with Crippen LogP contribution in [0.4, 0.5) is 0 Å². The predicted octanol–water partition coefficient (Wildman–Crippen LogP) is 2.91. The second-order valence-corrected chi connectivity index (χ2v) is 8.19. The van der Waals surface area contributed by atoms with E-state index in [1.54, 1.807) is 0 Å². The summed E-state index contributed by atoms with van der Waals surface area (Å²) in [5, 5.41) is 7.13. The average molecular weight is 477 g/mol. The molecule has 152 valence electrons. The topological polar surface area (TPSA) is 42.9 Å². The summed E-state index contributed by atoms with van der Waals surface area (Å²) < 4.78 is 0. The summed E-state index contributed by atoms with van der Waals surface area (Å²) in [7, 11) is 0. The molecule has 2 N–H and O–H groups in total. The molecule has 0 atom stereocenters. The molecule has 3 fully saturated rings. The number of hydrogen-bond donors (Lipinski definition) is 2. The first-order valence-corrected chi connectivity index (χ1v) is 10.8. The first-order valence-electron chi connectivity index (χ1n) is 10.8. The number of guanidine groups is 1. The Morgan fingerprint density at radius 3 is 2.38 bits per heavy atom. The number of likely N-dealkylation sites (tertiary alicyclic amines) is 1. The van der Waals surface area contributed by atoms with Gasteiger partial charge < -0.3 is 15.5 Å². The summed E-state index contributed by atoms with van der Waals surface area (Å²) in [6.07, 6.45) is 9.46. The van der Waals surface area contributed by atoms with Crippen LogP contribution >= 0.6 is 24.0 Å². The van der Waals surface area contributed by atoms with Gasteiger partial charge in [-0.05, 0) is 64.3 Å². The average Bonchev–Trinajstić information content (AvgIpc) is 3.49. The molecule has 2 aliphatic carbocycles. The van der Waals surface area contributed by atoms with E-state index in [0.29, 0.717) is 6.04 Å². The van der Waals surface area contributed by atoms with Gasteiger partial charge >= 0.3 is 0 Å². The van der Waals surface area contributed by atoms with E-state index < -0.39 is 0 Å². The lowest BCUT2D eigenvalue weighted by molar-refractivity contribution is 0.206. The molecule has 0 aromatic rings. The van der Waals surface area contributed by atoms with Crippen LogP contribution in [-0.4, -0.2) is 73.7 Å². The zero-order valence-corrected chi connectivity index (χ0v) is 19.2. The minimum absolute atomic E-state index is 0. The molecule has 0 bridgehead atoms. The molecular formula is C20H40IN5. The summed E-state index contributed by atoms with van der Waals surface area (Å²) in [5.74, 6) is 2.02. The van der Waals surface area contributed by atoms with Crippen molar-refractivity contribution in [2.45, 2.75) is 70.9 Å². The van der Waals surface area contributed by atoms with Gasteiger partial charge in [0.2, 0.25) is 0 Å². The number of aliphatic imine (C=N–C) groups is 1. The largest absolute Gasteiger partial charge is 0.357 e. The molecule has 0 unspecified atom stereocenters. The fourth-order valence-corrected chi connectivity index (χ4v) is 3.92. The predicted molar refractivity (Wildman–Crippen MR) is 122 cm³/mol. The number of nitrogens with one attached hydrogen (secondary N) is 2. The van der Waals surface area contributed by atoms with Crippen LogP contribution in [0.25, 0.3) is 0 Å². The second-order valence-electron chi connectivity index (χ2n) is 8.19. The molecule has 1 aliphatic heterocycles. The van der Waals surface area contributed by atoms with Crippen LogP contribution in [0.2, 0.25) is 0 Å². The van der Waals surface area contributed by atoms with Crippen LogP contribution in [0, 0.1) is 5.92 Å². The first-order chi connectivity index (χ1) is 12.3. The number of halogens is 1. The molecule has 5 nitrogen and oxygen atoms in total. The lowest BCUT2D eigenvalue weighted by Gasteiger charge is -2.32. The van der Waals surface area contributed by atoms with Gasteiger partial charge in [-0.15, -0.1) is 24.0 Å². The maximum absolute atomic E-state index is 4.88. The third-order valence-corrected chi connectivity index (χ3v) is 5.72. The molecule has 0 amide bonds. The Labute approximate surface area is 177 Å². The quantitative estimate of drug-likeness (QED) is 0.289. The molecule has 1 heterocycles. The van der Waals surface area contributed by atoms with E-state index in [0.717, 1.165) is 37.6 Å². The van der Waals surface area contributed by atoms with Gasteiger partial charge in [0.15, 0.2) is 5.96 Å². The standard InChI is InChI=1S/C20H39N5.HI/c1-3-12-24-13-9-18(10-14-24)23-20(21-4-2)22-11-15-25(19-7-8-19)16-17-5-6-17;/h17-19H,3-16H2,1-2H3,(H2,21,22,23);1H. The van der Waals surface area contributed by atoms with E-state index in [4.69, 9.17) is 4.99 Å². The van der Waals surface area contributed by atoms with Gasteiger partial charge in [-0.25, -0.2) is 0 Å². The molecule has 0 aromatic heterocycles. The summed E-state index contributed by atoms with van der Waals surface area (Å²) in [6, 6.07) is 1.45. The first kappa shape index (κ1) is 22.2. The van der Waals surface area contributed by atoms with Crippen LogP contribution in [0.3, 0.4) is 0 Å². The number of piperidine rings is 1. The Balaban J connectivity index is 0.00000243. The van der Waals surface area contributed by atoms with Gasteiger partial charge in [0.05, 0.1) is 6.54 Å².